The Bertz CT molecular complexity index is 697. The van der Waals surface area contributed by atoms with Crippen molar-refractivity contribution < 1.29 is 9.53 Å². The van der Waals surface area contributed by atoms with Gasteiger partial charge in [0.25, 0.3) is 0 Å². The van der Waals surface area contributed by atoms with Gasteiger partial charge in [0.05, 0.1) is 6.61 Å². The number of nitrogens with zero attached hydrogens (tertiary/aromatic N) is 1. The third kappa shape index (κ3) is 4.79. The molecule has 3 nitrogen and oxygen atoms in total. The quantitative estimate of drug-likeness (QED) is 0.590. The number of hydrogen-bond acceptors (Lipinski definition) is 3. The van der Waals surface area contributed by atoms with Crippen LogP contribution >= 0.6 is 0 Å². The standard InChI is InChI=1S/C21H25NO2/c1-5-24-21(23)20(13-18-9-7-6-8-10-18)22-14-19-16(3)11-15(2)12-17(19)4/h6-12,14,20H,5,13H2,1-4H3. The smallest absolute Gasteiger partial charge is 0.331 e. The number of rotatable bonds is 6. The minimum atomic E-state index is -0.521. The van der Waals surface area contributed by atoms with Gasteiger partial charge in [0.15, 0.2) is 6.04 Å². The van der Waals surface area contributed by atoms with E-state index in [1.54, 1.807) is 0 Å². The maximum absolute atomic E-state index is 12.3. The first-order valence-corrected chi connectivity index (χ1v) is 8.32. The zero-order valence-electron chi connectivity index (χ0n) is 14.9. The van der Waals surface area contributed by atoms with Gasteiger partial charge in [-0.25, -0.2) is 4.79 Å². The second kappa shape index (κ2) is 8.44. The van der Waals surface area contributed by atoms with Crippen LogP contribution in [0.2, 0.25) is 0 Å². The van der Waals surface area contributed by atoms with Crippen LogP contribution in [0.1, 0.15) is 34.7 Å². The summed E-state index contributed by atoms with van der Waals surface area (Å²) < 4.78 is 5.19. The average Bonchev–Trinajstić information content (AvgIpc) is 2.54. The lowest BCUT2D eigenvalue weighted by Gasteiger charge is -2.13. The van der Waals surface area contributed by atoms with Crippen LogP contribution < -0.4 is 0 Å². The van der Waals surface area contributed by atoms with Crippen molar-refractivity contribution in [2.45, 2.75) is 40.2 Å². The Hall–Kier alpha value is -2.42. The molecule has 126 valence electrons. The van der Waals surface area contributed by atoms with Crippen molar-refractivity contribution in [3.05, 3.63) is 70.3 Å². The molecule has 1 unspecified atom stereocenters. The topological polar surface area (TPSA) is 38.7 Å². The molecule has 0 bridgehead atoms. The Balaban J connectivity index is 2.26. The monoisotopic (exact) mass is 323 g/mol. The van der Waals surface area contributed by atoms with Crippen molar-refractivity contribution in [2.75, 3.05) is 6.61 Å². The molecule has 2 aromatic rings. The molecule has 0 saturated carbocycles. The van der Waals surface area contributed by atoms with Crippen LogP contribution in [0.3, 0.4) is 0 Å². The number of carbonyl (C=O) groups excluding carboxylic acids is 1. The minimum absolute atomic E-state index is 0.278. The van der Waals surface area contributed by atoms with Crippen LogP contribution in [-0.2, 0) is 16.0 Å². The lowest BCUT2D eigenvalue weighted by Crippen LogP contribution is -2.24. The molecule has 24 heavy (non-hydrogen) atoms. The SMILES string of the molecule is CCOC(=O)C(Cc1ccccc1)N=Cc1c(C)cc(C)cc1C. The second-order valence-corrected chi connectivity index (χ2v) is 6.05. The Kier molecular flexibility index (Phi) is 6.30. The molecule has 2 aromatic carbocycles. The Morgan fingerprint density at radius 3 is 2.33 bits per heavy atom. The van der Waals surface area contributed by atoms with Gasteiger partial charge in [-0.05, 0) is 49.9 Å². The molecule has 0 aromatic heterocycles. The molecule has 3 heteroatoms. The molecule has 0 N–H and O–H groups in total. The highest BCUT2D eigenvalue weighted by Gasteiger charge is 2.19. The van der Waals surface area contributed by atoms with Gasteiger partial charge in [-0.2, -0.15) is 0 Å². The fourth-order valence-corrected chi connectivity index (χ4v) is 2.83. The molecular formula is C21H25NO2. The summed E-state index contributed by atoms with van der Waals surface area (Å²) in [5, 5.41) is 0. The maximum Gasteiger partial charge on any atom is 0.331 e. The molecule has 0 amide bonds. The fourth-order valence-electron chi connectivity index (χ4n) is 2.83. The summed E-state index contributed by atoms with van der Waals surface area (Å²) in [4.78, 5) is 16.8. The summed E-state index contributed by atoms with van der Waals surface area (Å²) in [6, 6.07) is 13.6. The first kappa shape index (κ1) is 17.9. The van der Waals surface area contributed by atoms with E-state index in [-0.39, 0.29) is 5.97 Å². The third-order valence-electron chi connectivity index (χ3n) is 3.95. The zero-order chi connectivity index (χ0) is 17.5. The van der Waals surface area contributed by atoms with Gasteiger partial charge in [-0.3, -0.25) is 4.99 Å². The van der Waals surface area contributed by atoms with Gasteiger partial charge in [0.2, 0.25) is 0 Å². The van der Waals surface area contributed by atoms with E-state index in [1.165, 1.54) is 16.7 Å². The van der Waals surface area contributed by atoms with Crippen molar-refractivity contribution in [1.82, 2.24) is 0 Å². The molecule has 0 heterocycles. The Morgan fingerprint density at radius 2 is 1.75 bits per heavy atom. The van der Waals surface area contributed by atoms with E-state index in [0.717, 1.165) is 11.1 Å². The number of esters is 1. The molecule has 0 aliphatic rings. The van der Waals surface area contributed by atoms with E-state index in [9.17, 15) is 4.79 Å². The minimum Gasteiger partial charge on any atom is -0.464 e. The van der Waals surface area contributed by atoms with Gasteiger partial charge in [0.1, 0.15) is 0 Å². The van der Waals surface area contributed by atoms with E-state index in [0.29, 0.717) is 13.0 Å². The maximum atomic E-state index is 12.3. The summed E-state index contributed by atoms with van der Waals surface area (Å²) in [5.74, 6) is -0.278. The van der Waals surface area contributed by atoms with Crippen molar-refractivity contribution in [1.29, 1.82) is 0 Å². The first-order chi connectivity index (χ1) is 11.5. The Labute approximate surface area is 144 Å². The van der Waals surface area contributed by atoms with E-state index in [4.69, 9.17) is 4.74 Å². The third-order valence-corrected chi connectivity index (χ3v) is 3.95. The van der Waals surface area contributed by atoms with Crippen molar-refractivity contribution in [2.24, 2.45) is 4.99 Å². The average molecular weight is 323 g/mol. The highest BCUT2D eigenvalue weighted by molar-refractivity contribution is 5.87. The molecule has 0 saturated heterocycles. The number of hydrogen-bond donors (Lipinski definition) is 0. The first-order valence-electron chi connectivity index (χ1n) is 8.32. The number of ether oxygens (including phenoxy) is 1. The fraction of sp³-hybridized carbons (Fsp3) is 0.333. The van der Waals surface area contributed by atoms with Gasteiger partial charge in [0, 0.05) is 12.6 Å². The summed E-state index contributed by atoms with van der Waals surface area (Å²) in [6.07, 6.45) is 2.36. The molecular weight excluding hydrogens is 298 g/mol. The Morgan fingerprint density at radius 1 is 1.12 bits per heavy atom. The van der Waals surface area contributed by atoms with E-state index in [2.05, 4.69) is 37.9 Å². The number of benzene rings is 2. The van der Waals surface area contributed by atoms with Gasteiger partial charge in [-0.1, -0.05) is 48.0 Å². The van der Waals surface area contributed by atoms with Crippen LogP contribution in [0, 0.1) is 20.8 Å². The lowest BCUT2D eigenvalue weighted by molar-refractivity contribution is -0.144. The van der Waals surface area contributed by atoms with Gasteiger partial charge >= 0.3 is 5.97 Å². The van der Waals surface area contributed by atoms with Gasteiger partial charge < -0.3 is 4.74 Å². The molecule has 1 atom stereocenters. The van der Waals surface area contributed by atoms with Crippen LogP contribution in [0.25, 0.3) is 0 Å². The predicted octanol–water partition coefficient (Wildman–Crippen LogP) is 4.21. The normalized spacial score (nSPS) is 12.3. The molecule has 0 radical (unpaired) electrons. The summed E-state index contributed by atoms with van der Waals surface area (Å²) in [6.45, 7) is 8.39. The zero-order valence-corrected chi connectivity index (χ0v) is 14.9. The van der Waals surface area contributed by atoms with E-state index >= 15 is 0 Å². The summed E-state index contributed by atoms with van der Waals surface area (Å²) in [7, 11) is 0. The summed E-state index contributed by atoms with van der Waals surface area (Å²) >= 11 is 0. The van der Waals surface area contributed by atoms with Crippen LogP contribution in [0.5, 0.6) is 0 Å². The molecule has 0 aliphatic heterocycles. The number of aliphatic imine (C=N–C) groups is 1. The second-order valence-electron chi connectivity index (χ2n) is 6.05. The van der Waals surface area contributed by atoms with E-state index in [1.807, 2.05) is 43.5 Å². The largest absolute Gasteiger partial charge is 0.464 e. The van der Waals surface area contributed by atoms with Crippen LogP contribution in [-0.4, -0.2) is 24.8 Å². The van der Waals surface area contributed by atoms with Gasteiger partial charge in [-0.15, -0.1) is 0 Å². The van der Waals surface area contributed by atoms with E-state index < -0.39 is 6.04 Å². The number of carbonyl (C=O) groups is 1. The van der Waals surface area contributed by atoms with Crippen LogP contribution in [0.4, 0.5) is 0 Å². The van der Waals surface area contributed by atoms with Crippen LogP contribution in [0.15, 0.2) is 47.5 Å². The molecule has 0 spiro atoms. The number of aryl methyl sites for hydroxylation is 3. The predicted molar refractivity (Wildman–Crippen MR) is 98.8 cm³/mol. The summed E-state index contributed by atoms with van der Waals surface area (Å²) in [5.41, 5.74) is 5.71. The highest BCUT2D eigenvalue weighted by Crippen LogP contribution is 2.15. The molecule has 2 rings (SSSR count). The lowest BCUT2D eigenvalue weighted by atomic mass is 10.0. The molecule has 0 aliphatic carbocycles. The molecule has 0 fully saturated rings. The highest BCUT2D eigenvalue weighted by atomic mass is 16.5. The van der Waals surface area contributed by atoms with Crippen molar-refractivity contribution in [3.63, 3.8) is 0 Å². The van der Waals surface area contributed by atoms with Crippen molar-refractivity contribution in [3.8, 4) is 0 Å². The van der Waals surface area contributed by atoms with Crippen molar-refractivity contribution >= 4 is 12.2 Å².